The number of rotatable bonds is 9. The summed E-state index contributed by atoms with van der Waals surface area (Å²) >= 11 is 9.57. The number of aryl methyl sites for hydroxylation is 1. The van der Waals surface area contributed by atoms with Crippen LogP contribution in [-0.2, 0) is 19.7 Å². The number of halogens is 3. The van der Waals surface area contributed by atoms with Crippen LogP contribution < -0.4 is 14.8 Å². The molecule has 1 N–H and O–H groups in total. The van der Waals surface area contributed by atoms with Crippen molar-refractivity contribution < 1.29 is 13.9 Å². The van der Waals surface area contributed by atoms with Crippen molar-refractivity contribution in [1.82, 2.24) is 20.2 Å². The Hall–Kier alpha value is -2.39. The monoisotopic (exact) mass is 483 g/mol. The van der Waals surface area contributed by atoms with Crippen LogP contribution in [0.3, 0.4) is 0 Å². The number of tetrazole rings is 1. The average Bonchev–Trinajstić information content (AvgIpc) is 3.14. The number of hydrogen-bond donors (Lipinski definition) is 1. The molecule has 10 heteroatoms. The summed E-state index contributed by atoms with van der Waals surface area (Å²) < 4.78 is 27.6. The highest BCUT2D eigenvalue weighted by Crippen LogP contribution is 2.38. The third kappa shape index (κ3) is 5.16. The Labute approximate surface area is 181 Å². The van der Waals surface area contributed by atoms with Crippen LogP contribution in [0.25, 0.3) is 0 Å². The summed E-state index contributed by atoms with van der Waals surface area (Å²) in [7, 11) is 1.55. The van der Waals surface area contributed by atoms with Gasteiger partial charge in [-0.2, -0.15) is 0 Å². The van der Waals surface area contributed by atoms with Crippen LogP contribution in [0.5, 0.6) is 11.5 Å². The van der Waals surface area contributed by atoms with Crippen molar-refractivity contribution in [2.75, 3.05) is 12.4 Å². The molecule has 154 valence electrons. The molecule has 7 nitrogen and oxygen atoms in total. The molecule has 29 heavy (non-hydrogen) atoms. The lowest BCUT2D eigenvalue weighted by molar-refractivity contribution is 0.278. The van der Waals surface area contributed by atoms with Crippen molar-refractivity contribution in [3.05, 3.63) is 56.8 Å². The van der Waals surface area contributed by atoms with E-state index in [9.17, 15) is 4.39 Å². The van der Waals surface area contributed by atoms with Gasteiger partial charge in [-0.25, -0.2) is 9.07 Å². The SMILES string of the molecule is CCCn1nnnc1NCc1cc(Br)c(OCc2c(F)cccc2Cl)c(OC)c1. The molecular weight excluding hydrogens is 465 g/mol. The molecule has 0 spiro atoms. The molecule has 0 amide bonds. The summed E-state index contributed by atoms with van der Waals surface area (Å²) in [5, 5.41) is 15.1. The van der Waals surface area contributed by atoms with Crippen LogP contribution >= 0.6 is 27.5 Å². The summed E-state index contributed by atoms with van der Waals surface area (Å²) in [4.78, 5) is 0. The van der Waals surface area contributed by atoms with Crippen molar-refractivity contribution in [2.24, 2.45) is 0 Å². The predicted octanol–water partition coefficient (Wildman–Crippen LogP) is 4.84. The number of aromatic nitrogens is 4. The largest absolute Gasteiger partial charge is 0.493 e. The Bertz CT molecular complexity index is 965. The molecule has 0 bridgehead atoms. The highest BCUT2D eigenvalue weighted by molar-refractivity contribution is 9.10. The van der Waals surface area contributed by atoms with Gasteiger partial charge < -0.3 is 14.8 Å². The molecule has 0 fully saturated rings. The van der Waals surface area contributed by atoms with Gasteiger partial charge in [0.1, 0.15) is 12.4 Å². The number of benzene rings is 2. The lowest BCUT2D eigenvalue weighted by atomic mass is 10.2. The highest BCUT2D eigenvalue weighted by Gasteiger charge is 2.15. The second kappa shape index (κ2) is 9.89. The summed E-state index contributed by atoms with van der Waals surface area (Å²) in [6, 6.07) is 8.25. The Morgan fingerprint density at radius 2 is 2.14 bits per heavy atom. The molecule has 0 aliphatic heterocycles. The second-order valence-electron chi connectivity index (χ2n) is 6.18. The average molecular weight is 485 g/mol. The van der Waals surface area contributed by atoms with Crippen molar-refractivity contribution in [3.63, 3.8) is 0 Å². The number of nitrogens with zero attached hydrogens (tertiary/aromatic N) is 4. The minimum absolute atomic E-state index is 0.0240. The molecule has 0 atom stereocenters. The molecule has 0 saturated heterocycles. The summed E-state index contributed by atoms with van der Waals surface area (Å²) in [6.07, 6.45) is 0.928. The van der Waals surface area contributed by atoms with Crippen LogP contribution in [0.2, 0.25) is 5.02 Å². The van der Waals surface area contributed by atoms with Crippen LogP contribution in [0, 0.1) is 5.82 Å². The third-order valence-electron chi connectivity index (χ3n) is 4.13. The molecule has 1 aromatic heterocycles. The maximum absolute atomic E-state index is 14.0. The van der Waals surface area contributed by atoms with Crippen molar-refractivity contribution in [2.45, 2.75) is 33.0 Å². The molecular formula is C19H20BrClFN5O2. The van der Waals surface area contributed by atoms with E-state index in [0.29, 0.717) is 33.5 Å². The van der Waals surface area contributed by atoms with Gasteiger partial charge in [0.2, 0.25) is 5.95 Å². The highest BCUT2D eigenvalue weighted by atomic mass is 79.9. The van der Waals surface area contributed by atoms with Gasteiger partial charge in [-0.1, -0.05) is 29.7 Å². The van der Waals surface area contributed by atoms with E-state index in [1.807, 2.05) is 12.1 Å². The van der Waals surface area contributed by atoms with Crippen molar-refractivity contribution in [3.8, 4) is 11.5 Å². The number of anilines is 1. The van der Waals surface area contributed by atoms with E-state index in [2.05, 4.69) is 43.7 Å². The number of hydrogen-bond acceptors (Lipinski definition) is 6. The maximum atomic E-state index is 14.0. The Morgan fingerprint density at radius 3 is 2.86 bits per heavy atom. The molecule has 3 aromatic rings. The quantitative estimate of drug-likeness (QED) is 0.469. The molecule has 0 radical (unpaired) electrons. The summed E-state index contributed by atoms with van der Waals surface area (Å²) in [5.41, 5.74) is 1.22. The first-order valence-electron chi connectivity index (χ1n) is 8.95. The minimum Gasteiger partial charge on any atom is -0.493 e. The van der Waals surface area contributed by atoms with Gasteiger partial charge in [-0.15, -0.1) is 0 Å². The Balaban J connectivity index is 1.74. The molecule has 3 rings (SSSR count). The van der Waals surface area contributed by atoms with E-state index in [0.717, 1.165) is 18.5 Å². The molecule has 2 aromatic carbocycles. The van der Waals surface area contributed by atoms with Gasteiger partial charge >= 0.3 is 0 Å². The fourth-order valence-corrected chi connectivity index (χ4v) is 3.53. The fourth-order valence-electron chi connectivity index (χ4n) is 2.70. The first-order chi connectivity index (χ1) is 14.0. The predicted molar refractivity (Wildman–Crippen MR) is 112 cm³/mol. The minimum atomic E-state index is -0.418. The number of ether oxygens (including phenoxy) is 2. The number of nitrogens with one attached hydrogen (secondary N) is 1. The lowest BCUT2D eigenvalue weighted by Gasteiger charge is -2.15. The van der Waals surface area contributed by atoms with Crippen molar-refractivity contribution >= 4 is 33.5 Å². The summed E-state index contributed by atoms with van der Waals surface area (Å²) in [5.74, 6) is 1.15. The van der Waals surface area contributed by atoms with Gasteiger partial charge in [-0.05, 0) is 62.6 Å². The number of methoxy groups -OCH3 is 1. The fraction of sp³-hybridized carbons (Fsp3) is 0.316. The maximum Gasteiger partial charge on any atom is 0.243 e. The molecule has 0 saturated carbocycles. The van der Waals surface area contributed by atoms with E-state index >= 15 is 0 Å². The second-order valence-corrected chi connectivity index (χ2v) is 7.44. The first-order valence-corrected chi connectivity index (χ1v) is 10.1. The first kappa shape index (κ1) is 21.3. The van der Waals surface area contributed by atoms with Crippen LogP contribution in [0.4, 0.5) is 10.3 Å². The Kier molecular flexibility index (Phi) is 7.27. The van der Waals surface area contributed by atoms with Crippen molar-refractivity contribution in [1.29, 1.82) is 0 Å². The lowest BCUT2D eigenvalue weighted by Crippen LogP contribution is -2.09. The molecule has 1 heterocycles. The van der Waals surface area contributed by atoms with E-state index in [1.54, 1.807) is 23.9 Å². The zero-order chi connectivity index (χ0) is 20.8. The van der Waals surface area contributed by atoms with Gasteiger partial charge in [0.25, 0.3) is 0 Å². The zero-order valence-electron chi connectivity index (χ0n) is 16.0. The Morgan fingerprint density at radius 1 is 1.31 bits per heavy atom. The topological polar surface area (TPSA) is 74.1 Å². The van der Waals surface area contributed by atoms with Gasteiger partial charge in [0.15, 0.2) is 11.5 Å². The van der Waals surface area contributed by atoms with Gasteiger partial charge in [0.05, 0.1) is 16.6 Å². The van der Waals surface area contributed by atoms with E-state index < -0.39 is 5.82 Å². The van der Waals surface area contributed by atoms with Crippen LogP contribution in [0.1, 0.15) is 24.5 Å². The smallest absolute Gasteiger partial charge is 0.243 e. The zero-order valence-corrected chi connectivity index (χ0v) is 18.3. The molecule has 0 aliphatic rings. The van der Waals surface area contributed by atoms with E-state index in [1.165, 1.54) is 6.07 Å². The van der Waals surface area contributed by atoms with Crippen LogP contribution in [0.15, 0.2) is 34.8 Å². The van der Waals surface area contributed by atoms with E-state index in [-0.39, 0.29) is 12.2 Å². The van der Waals surface area contributed by atoms with E-state index in [4.69, 9.17) is 21.1 Å². The molecule has 0 aliphatic carbocycles. The third-order valence-corrected chi connectivity index (χ3v) is 5.07. The normalized spacial score (nSPS) is 10.8. The van der Waals surface area contributed by atoms with Gasteiger partial charge in [-0.3, -0.25) is 0 Å². The molecule has 0 unspecified atom stereocenters. The standard InChI is InChI=1S/C19H20BrClFN5O2/c1-3-7-27-19(24-25-26-27)23-10-12-8-14(20)18(17(9-12)28-2)29-11-13-15(21)5-4-6-16(13)22/h4-6,8-9H,3,7,10-11H2,1-2H3,(H,23,24,26). The van der Waals surface area contributed by atoms with Gasteiger partial charge in [0, 0.05) is 18.7 Å². The van der Waals surface area contributed by atoms with Crippen LogP contribution in [-0.4, -0.2) is 27.3 Å². The summed E-state index contributed by atoms with van der Waals surface area (Å²) in [6.45, 7) is 3.25.